The van der Waals surface area contributed by atoms with Crippen molar-refractivity contribution in [2.45, 2.75) is 18.8 Å². The maximum absolute atomic E-state index is 10.2. The fourth-order valence-electron chi connectivity index (χ4n) is 1.15. The van der Waals surface area contributed by atoms with E-state index in [1.807, 2.05) is 0 Å². The first-order valence-electron chi connectivity index (χ1n) is 4.48. The normalized spacial score (nSPS) is 16.0. The Morgan fingerprint density at radius 2 is 2.07 bits per heavy atom. The zero-order valence-electron chi connectivity index (χ0n) is 7.55. The molecule has 1 fully saturated rings. The van der Waals surface area contributed by atoms with E-state index < -0.39 is 5.97 Å². The molecule has 1 saturated carbocycles. The maximum Gasteiger partial charge on any atom is 0.328 e. The Hall–Kier alpha value is -1.71. The molecule has 0 unspecified atom stereocenters. The Labute approximate surface area is 81.3 Å². The predicted molar refractivity (Wildman–Crippen MR) is 50.7 cm³/mol. The Morgan fingerprint density at radius 1 is 1.43 bits per heavy atom. The van der Waals surface area contributed by atoms with E-state index in [1.165, 1.54) is 18.9 Å². The van der Waals surface area contributed by atoms with E-state index in [0.29, 0.717) is 5.92 Å². The van der Waals surface area contributed by atoms with Crippen LogP contribution in [0.2, 0.25) is 0 Å². The van der Waals surface area contributed by atoms with Gasteiger partial charge in [0.25, 0.3) is 0 Å². The van der Waals surface area contributed by atoms with Crippen LogP contribution in [0.3, 0.4) is 0 Å². The number of carboxylic acids is 1. The highest BCUT2D eigenvalue weighted by Gasteiger charge is 2.25. The molecule has 4 heteroatoms. The molecule has 1 aliphatic carbocycles. The lowest BCUT2D eigenvalue weighted by molar-refractivity contribution is -0.131. The van der Waals surface area contributed by atoms with Crippen LogP contribution in [0.25, 0.3) is 6.08 Å². The summed E-state index contributed by atoms with van der Waals surface area (Å²) in [7, 11) is 0. The molecule has 0 amide bonds. The average molecular weight is 190 g/mol. The van der Waals surface area contributed by atoms with Crippen molar-refractivity contribution >= 4 is 12.0 Å². The van der Waals surface area contributed by atoms with Crippen LogP contribution in [0.5, 0.6) is 0 Å². The van der Waals surface area contributed by atoms with Crippen molar-refractivity contribution in [1.29, 1.82) is 0 Å². The molecule has 14 heavy (non-hydrogen) atoms. The highest BCUT2D eigenvalue weighted by Crippen LogP contribution is 2.37. The van der Waals surface area contributed by atoms with Gasteiger partial charge in [-0.1, -0.05) is 0 Å². The number of carboxylic acid groups (broad SMARTS) is 1. The molecule has 72 valence electrons. The Morgan fingerprint density at radius 3 is 2.57 bits per heavy atom. The molecular weight excluding hydrogens is 180 g/mol. The summed E-state index contributed by atoms with van der Waals surface area (Å²) in [5.41, 5.74) is 0.719. The molecule has 0 spiro atoms. The molecule has 0 aromatic carbocycles. The quantitative estimate of drug-likeness (QED) is 0.733. The summed E-state index contributed by atoms with van der Waals surface area (Å²) in [6.45, 7) is 0. The predicted octanol–water partition coefficient (Wildman–Crippen LogP) is 1.45. The molecule has 0 saturated heterocycles. The Kier molecular flexibility index (Phi) is 2.26. The Bertz CT molecular complexity index is 366. The lowest BCUT2D eigenvalue weighted by Gasteiger charge is -1.95. The van der Waals surface area contributed by atoms with E-state index >= 15 is 0 Å². The smallest absolute Gasteiger partial charge is 0.328 e. The topological polar surface area (TPSA) is 63.1 Å². The summed E-state index contributed by atoms with van der Waals surface area (Å²) < 4.78 is 0. The monoisotopic (exact) mass is 190 g/mol. The van der Waals surface area contributed by atoms with Gasteiger partial charge in [0.05, 0.1) is 0 Å². The molecule has 1 aromatic heterocycles. The third-order valence-electron chi connectivity index (χ3n) is 2.05. The number of rotatable bonds is 3. The third kappa shape index (κ3) is 2.16. The number of hydrogen-bond acceptors (Lipinski definition) is 3. The summed E-state index contributed by atoms with van der Waals surface area (Å²) in [5, 5.41) is 8.40. The first kappa shape index (κ1) is 8.87. The molecule has 0 aliphatic heterocycles. The van der Waals surface area contributed by atoms with E-state index in [4.69, 9.17) is 5.11 Å². The summed E-state index contributed by atoms with van der Waals surface area (Å²) in [6, 6.07) is 0. The third-order valence-corrected chi connectivity index (χ3v) is 2.05. The van der Waals surface area contributed by atoms with Gasteiger partial charge in [0.15, 0.2) is 0 Å². The van der Waals surface area contributed by atoms with E-state index in [0.717, 1.165) is 17.5 Å². The van der Waals surface area contributed by atoms with Crippen LogP contribution in [0.1, 0.15) is 30.1 Å². The molecule has 1 aromatic rings. The second-order valence-corrected chi connectivity index (χ2v) is 3.32. The van der Waals surface area contributed by atoms with Crippen LogP contribution < -0.4 is 0 Å². The highest BCUT2D eigenvalue weighted by molar-refractivity contribution is 5.85. The minimum absolute atomic E-state index is 0.535. The van der Waals surface area contributed by atoms with Gasteiger partial charge in [0, 0.05) is 30.0 Å². The van der Waals surface area contributed by atoms with Crippen LogP contribution in [-0.2, 0) is 4.79 Å². The van der Waals surface area contributed by atoms with Crippen molar-refractivity contribution in [2.24, 2.45) is 0 Å². The number of carbonyl (C=O) groups is 1. The SMILES string of the molecule is O=C(O)/C=C/c1cnc(C2CC2)nc1. The lowest BCUT2D eigenvalue weighted by atomic mass is 10.3. The molecule has 0 bridgehead atoms. The zero-order valence-corrected chi connectivity index (χ0v) is 7.55. The van der Waals surface area contributed by atoms with E-state index in [2.05, 4.69) is 9.97 Å². The summed E-state index contributed by atoms with van der Waals surface area (Å²) in [4.78, 5) is 18.6. The molecule has 2 rings (SSSR count). The zero-order chi connectivity index (χ0) is 9.97. The van der Waals surface area contributed by atoms with Gasteiger partial charge in [-0.05, 0) is 18.9 Å². The number of aromatic nitrogens is 2. The van der Waals surface area contributed by atoms with Crippen LogP contribution in [0.4, 0.5) is 0 Å². The fraction of sp³-hybridized carbons (Fsp3) is 0.300. The highest BCUT2D eigenvalue weighted by atomic mass is 16.4. The van der Waals surface area contributed by atoms with E-state index in [9.17, 15) is 4.79 Å². The van der Waals surface area contributed by atoms with Crippen molar-refractivity contribution < 1.29 is 9.90 Å². The van der Waals surface area contributed by atoms with Gasteiger partial charge in [-0.3, -0.25) is 0 Å². The van der Waals surface area contributed by atoms with Crippen molar-refractivity contribution in [2.75, 3.05) is 0 Å². The molecular formula is C10H10N2O2. The van der Waals surface area contributed by atoms with Crippen LogP contribution >= 0.6 is 0 Å². The van der Waals surface area contributed by atoms with Gasteiger partial charge in [0.2, 0.25) is 0 Å². The maximum atomic E-state index is 10.2. The van der Waals surface area contributed by atoms with Gasteiger partial charge in [0.1, 0.15) is 5.82 Å². The number of aliphatic carboxylic acids is 1. The average Bonchev–Trinajstić information content (AvgIpc) is 2.99. The van der Waals surface area contributed by atoms with Crippen molar-refractivity contribution in [1.82, 2.24) is 9.97 Å². The summed E-state index contributed by atoms with van der Waals surface area (Å²) >= 11 is 0. The summed E-state index contributed by atoms with van der Waals surface area (Å²) in [5.74, 6) is 0.446. The van der Waals surface area contributed by atoms with E-state index in [-0.39, 0.29) is 0 Å². The second-order valence-electron chi connectivity index (χ2n) is 3.32. The van der Waals surface area contributed by atoms with Gasteiger partial charge in [-0.25, -0.2) is 14.8 Å². The van der Waals surface area contributed by atoms with Crippen molar-refractivity contribution in [3.8, 4) is 0 Å². The minimum Gasteiger partial charge on any atom is -0.478 e. The standard InChI is InChI=1S/C10H10N2O2/c13-9(14)4-1-7-5-11-10(12-6-7)8-2-3-8/h1,4-6,8H,2-3H2,(H,13,14)/b4-1+. The largest absolute Gasteiger partial charge is 0.478 e. The molecule has 4 nitrogen and oxygen atoms in total. The van der Waals surface area contributed by atoms with Gasteiger partial charge in [-0.2, -0.15) is 0 Å². The van der Waals surface area contributed by atoms with Crippen molar-refractivity contribution in [3.63, 3.8) is 0 Å². The van der Waals surface area contributed by atoms with Gasteiger partial charge >= 0.3 is 5.97 Å². The minimum atomic E-state index is -0.962. The van der Waals surface area contributed by atoms with Gasteiger partial charge < -0.3 is 5.11 Å². The van der Waals surface area contributed by atoms with Gasteiger partial charge in [-0.15, -0.1) is 0 Å². The number of nitrogens with zero attached hydrogens (tertiary/aromatic N) is 2. The molecule has 0 atom stereocenters. The first-order chi connectivity index (χ1) is 6.75. The Balaban J connectivity index is 2.09. The first-order valence-corrected chi connectivity index (χ1v) is 4.48. The lowest BCUT2D eigenvalue weighted by Crippen LogP contribution is -1.92. The van der Waals surface area contributed by atoms with E-state index in [1.54, 1.807) is 12.4 Å². The van der Waals surface area contributed by atoms with Crippen LogP contribution in [-0.4, -0.2) is 21.0 Å². The van der Waals surface area contributed by atoms with Crippen molar-refractivity contribution in [3.05, 3.63) is 29.9 Å². The number of hydrogen-bond donors (Lipinski definition) is 1. The molecule has 0 radical (unpaired) electrons. The van der Waals surface area contributed by atoms with Crippen LogP contribution in [0, 0.1) is 0 Å². The summed E-state index contributed by atoms with van der Waals surface area (Å²) in [6.07, 6.45) is 8.21. The molecule has 1 heterocycles. The molecule has 1 aliphatic rings. The second kappa shape index (κ2) is 3.57. The van der Waals surface area contributed by atoms with Crippen LogP contribution in [0.15, 0.2) is 18.5 Å². The fourth-order valence-corrected chi connectivity index (χ4v) is 1.15. The molecule has 1 N–H and O–H groups in total.